The van der Waals surface area contributed by atoms with Gasteiger partial charge in [-0.3, -0.25) is 9.52 Å². The van der Waals surface area contributed by atoms with Gasteiger partial charge in [0.1, 0.15) is 0 Å². The summed E-state index contributed by atoms with van der Waals surface area (Å²) >= 11 is 6.04. The minimum absolute atomic E-state index is 0.00740. The van der Waals surface area contributed by atoms with Crippen LogP contribution in [-0.4, -0.2) is 26.3 Å². The Morgan fingerprint density at radius 3 is 2.38 bits per heavy atom. The molecule has 1 N–H and O–H groups in total. The molecule has 3 aromatic carbocycles. The molecule has 0 aliphatic carbocycles. The van der Waals surface area contributed by atoms with E-state index in [0.29, 0.717) is 17.1 Å². The molecule has 29 heavy (non-hydrogen) atoms. The summed E-state index contributed by atoms with van der Waals surface area (Å²) in [6, 6.07) is 20.4. The Morgan fingerprint density at radius 1 is 1.00 bits per heavy atom. The number of sulfonamides is 1. The van der Waals surface area contributed by atoms with Gasteiger partial charge in [-0.1, -0.05) is 59.6 Å². The maximum absolute atomic E-state index is 12.8. The summed E-state index contributed by atoms with van der Waals surface area (Å²) in [5.74, 6) is -0.264. The smallest absolute Gasteiger partial charge is 0.261 e. The first-order valence-corrected chi connectivity index (χ1v) is 10.8. The summed E-state index contributed by atoms with van der Waals surface area (Å²) in [4.78, 5) is 14.3. The van der Waals surface area contributed by atoms with Crippen LogP contribution >= 0.6 is 11.6 Å². The molecule has 0 spiro atoms. The number of hydrogen-bond acceptors (Lipinski definition) is 3. The summed E-state index contributed by atoms with van der Waals surface area (Å²) in [5.41, 5.74) is 2.71. The number of amides is 1. The predicted molar refractivity (Wildman–Crippen MR) is 116 cm³/mol. The highest BCUT2D eigenvalue weighted by atomic mass is 35.5. The van der Waals surface area contributed by atoms with Gasteiger partial charge in [-0.05, 0) is 42.8 Å². The molecule has 0 fully saturated rings. The third-order valence-electron chi connectivity index (χ3n) is 4.40. The minimum Gasteiger partial charge on any atom is -0.337 e. The number of anilines is 1. The van der Waals surface area contributed by atoms with E-state index >= 15 is 0 Å². The molecule has 1 amide bonds. The molecule has 5 nitrogen and oxygen atoms in total. The van der Waals surface area contributed by atoms with Crippen LogP contribution in [0, 0.1) is 6.92 Å². The number of carbonyl (C=O) groups excluding carboxylic acids is 1. The lowest BCUT2D eigenvalue weighted by molar-refractivity contribution is 0.0785. The predicted octanol–water partition coefficient (Wildman–Crippen LogP) is 4.72. The van der Waals surface area contributed by atoms with Gasteiger partial charge >= 0.3 is 0 Å². The van der Waals surface area contributed by atoms with Gasteiger partial charge in [0.2, 0.25) is 0 Å². The molecule has 0 saturated heterocycles. The van der Waals surface area contributed by atoms with E-state index in [1.165, 1.54) is 12.1 Å². The maximum atomic E-state index is 12.8. The summed E-state index contributed by atoms with van der Waals surface area (Å²) in [6.07, 6.45) is 0. The van der Waals surface area contributed by atoms with E-state index in [0.717, 1.165) is 11.1 Å². The fraction of sp³-hybridized carbons (Fsp3) is 0.136. The van der Waals surface area contributed by atoms with Crippen LogP contribution in [0.4, 0.5) is 5.69 Å². The lowest BCUT2D eigenvalue weighted by atomic mass is 10.1. The van der Waals surface area contributed by atoms with Gasteiger partial charge < -0.3 is 4.90 Å². The molecule has 0 bridgehead atoms. The molecule has 3 aromatic rings. The van der Waals surface area contributed by atoms with Gasteiger partial charge in [0.15, 0.2) is 0 Å². The second kappa shape index (κ2) is 8.68. The fourth-order valence-corrected chi connectivity index (χ4v) is 4.17. The third kappa shape index (κ3) is 5.16. The number of halogens is 1. The van der Waals surface area contributed by atoms with E-state index in [9.17, 15) is 13.2 Å². The highest BCUT2D eigenvalue weighted by Crippen LogP contribution is 2.24. The molecular formula is C22H21ClN2O3S. The SMILES string of the molecule is Cc1ccc(CN(C)C(=O)c2cccc(S(=O)(=O)Nc3ccccc3Cl)c2)cc1. The number of rotatable bonds is 6. The number of carbonyl (C=O) groups is 1. The van der Waals surface area contributed by atoms with Crippen molar-refractivity contribution in [3.63, 3.8) is 0 Å². The Kier molecular flexibility index (Phi) is 6.25. The van der Waals surface area contributed by atoms with Gasteiger partial charge in [-0.25, -0.2) is 8.42 Å². The molecule has 0 aliphatic heterocycles. The first kappa shape index (κ1) is 20.9. The van der Waals surface area contributed by atoms with Crippen molar-refractivity contribution in [3.05, 3.63) is 94.5 Å². The minimum atomic E-state index is -3.89. The van der Waals surface area contributed by atoms with Crippen LogP contribution in [-0.2, 0) is 16.6 Å². The monoisotopic (exact) mass is 428 g/mol. The van der Waals surface area contributed by atoms with Crippen LogP contribution in [0.5, 0.6) is 0 Å². The van der Waals surface area contributed by atoms with Crippen LogP contribution in [0.15, 0.2) is 77.7 Å². The Hall–Kier alpha value is -2.83. The first-order valence-electron chi connectivity index (χ1n) is 8.95. The van der Waals surface area contributed by atoms with Crippen molar-refractivity contribution in [1.82, 2.24) is 4.90 Å². The van der Waals surface area contributed by atoms with Gasteiger partial charge in [0.05, 0.1) is 15.6 Å². The molecule has 3 rings (SSSR count). The van der Waals surface area contributed by atoms with Crippen LogP contribution in [0.3, 0.4) is 0 Å². The molecule has 0 unspecified atom stereocenters. The van der Waals surface area contributed by atoms with Crippen LogP contribution in [0.1, 0.15) is 21.5 Å². The molecule has 0 atom stereocenters. The number of aryl methyl sites for hydroxylation is 1. The second-order valence-electron chi connectivity index (χ2n) is 6.76. The van der Waals surface area contributed by atoms with Crippen LogP contribution in [0.25, 0.3) is 0 Å². The van der Waals surface area contributed by atoms with Gasteiger partial charge in [0, 0.05) is 19.2 Å². The molecule has 7 heteroatoms. The molecule has 150 valence electrons. The number of hydrogen-bond donors (Lipinski definition) is 1. The number of para-hydroxylation sites is 1. The average Bonchev–Trinajstić information content (AvgIpc) is 2.71. The van der Waals surface area contributed by atoms with E-state index in [1.54, 1.807) is 48.3 Å². The zero-order valence-electron chi connectivity index (χ0n) is 16.1. The zero-order valence-corrected chi connectivity index (χ0v) is 17.7. The van der Waals surface area contributed by atoms with Crippen molar-refractivity contribution >= 4 is 33.2 Å². The highest BCUT2D eigenvalue weighted by molar-refractivity contribution is 7.92. The number of benzene rings is 3. The molecular weight excluding hydrogens is 408 g/mol. The van der Waals surface area contributed by atoms with Gasteiger partial charge in [-0.15, -0.1) is 0 Å². The Morgan fingerprint density at radius 2 is 1.69 bits per heavy atom. The molecule has 0 radical (unpaired) electrons. The van der Waals surface area contributed by atoms with Gasteiger partial charge in [0.25, 0.3) is 15.9 Å². The van der Waals surface area contributed by atoms with E-state index in [-0.39, 0.29) is 16.5 Å². The summed E-state index contributed by atoms with van der Waals surface area (Å²) in [5, 5.41) is 0.293. The van der Waals surface area contributed by atoms with Crippen molar-refractivity contribution in [2.75, 3.05) is 11.8 Å². The largest absolute Gasteiger partial charge is 0.337 e. The van der Waals surface area contributed by atoms with Crippen LogP contribution < -0.4 is 4.72 Å². The van der Waals surface area contributed by atoms with Gasteiger partial charge in [-0.2, -0.15) is 0 Å². The standard InChI is InChI=1S/C22H21ClN2O3S/c1-16-10-12-17(13-11-16)15-25(2)22(26)18-6-5-7-19(14-18)29(27,28)24-21-9-4-3-8-20(21)23/h3-14,24H,15H2,1-2H3. The Labute approximate surface area is 176 Å². The fourth-order valence-electron chi connectivity index (χ4n) is 2.80. The zero-order chi connectivity index (χ0) is 21.0. The summed E-state index contributed by atoms with van der Waals surface area (Å²) in [6.45, 7) is 2.43. The molecule has 0 heterocycles. The van der Waals surface area contributed by atoms with Crippen LogP contribution in [0.2, 0.25) is 5.02 Å². The normalized spacial score (nSPS) is 11.1. The van der Waals surface area contributed by atoms with E-state index in [2.05, 4.69) is 4.72 Å². The maximum Gasteiger partial charge on any atom is 0.261 e. The second-order valence-corrected chi connectivity index (χ2v) is 8.85. The van der Waals surface area contributed by atoms with Crippen molar-refractivity contribution in [2.24, 2.45) is 0 Å². The quantitative estimate of drug-likeness (QED) is 0.617. The van der Waals surface area contributed by atoms with E-state index in [1.807, 2.05) is 31.2 Å². The molecule has 0 aromatic heterocycles. The number of nitrogens with zero attached hydrogens (tertiary/aromatic N) is 1. The van der Waals surface area contributed by atoms with Crippen molar-refractivity contribution in [2.45, 2.75) is 18.4 Å². The van der Waals surface area contributed by atoms with Crippen molar-refractivity contribution in [1.29, 1.82) is 0 Å². The lowest BCUT2D eigenvalue weighted by Gasteiger charge is -2.18. The first-order chi connectivity index (χ1) is 13.8. The molecule has 0 saturated carbocycles. The van der Waals surface area contributed by atoms with E-state index < -0.39 is 10.0 Å². The summed E-state index contributed by atoms with van der Waals surface area (Å²) in [7, 11) is -2.20. The third-order valence-corrected chi connectivity index (χ3v) is 6.09. The van der Waals surface area contributed by atoms with Crippen molar-refractivity contribution in [3.8, 4) is 0 Å². The highest BCUT2D eigenvalue weighted by Gasteiger charge is 2.19. The lowest BCUT2D eigenvalue weighted by Crippen LogP contribution is -2.26. The summed E-state index contributed by atoms with van der Waals surface area (Å²) < 4.78 is 27.9. The Bertz CT molecular complexity index is 1130. The van der Waals surface area contributed by atoms with Crippen molar-refractivity contribution < 1.29 is 13.2 Å². The number of nitrogens with one attached hydrogen (secondary N) is 1. The average molecular weight is 429 g/mol. The van der Waals surface area contributed by atoms with E-state index in [4.69, 9.17) is 11.6 Å². The molecule has 0 aliphatic rings. The topological polar surface area (TPSA) is 66.5 Å². The Balaban J connectivity index is 1.80.